The Morgan fingerprint density at radius 1 is 1.50 bits per heavy atom. The average Bonchev–Trinajstić information content (AvgIpc) is 2.48. The zero-order valence-electron chi connectivity index (χ0n) is 7.43. The number of nitrogens with zero attached hydrogens (tertiary/aromatic N) is 4. The molecule has 1 aromatic heterocycles. The Balaban J connectivity index is 2.64. The van der Waals surface area contributed by atoms with Gasteiger partial charge in [-0.05, 0) is 30.7 Å². The van der Waals surface area contributed by atoms with Gasteiger partial charge in [-0.2, -0.15) is 0 Å². The Labute approximate surface area is 71.4 Å². The maximum Gasteiger partial charge on any atom is 0.151 e. The normalized spacial score (nSPS) is 11.0. The Morgan fingerprint density at radius 3 is 2.83 bits per heavy atom. The lowest BCUT2D eigenvalue weighted by Gasteiger charge is -2.06. The smallest absolute Gasteiger partial charge is 0.151 e. The minimum absolute atomic E-state index is 0.185. The molecule has 0 unspecified atom stereocenters. The zero-order chi connectivity index (χ0) is 8.97. The number of rotatable bonds is 4. The zero-order valence-corrected chi connectivity index (χ0v) is 7.43. The van der Waals surface area contributed by atoms with Gasteiger partial charge in [-0.15, -0.1) is 5.10 Å². The van der Waals surface area contributed by atoms with Crippen LogP contribution in [-0.2, 0) is 6.42 Å². The molecule has 0 atom stereocenters. The molecule has 68 valence electrons. The first kappa shape index (κ1) is 9.12. The van der Waals surface area contributed by atoms with Crippen molar-refractivity contribution in [2.45, 2.75) is 32.7 Å². The van der Waals surface area contributed by atoms with Gasteiger partial charge in [-0.3, -0.25) is 0 Å². The number of hydrogen-bond acceptors (Lipinski definition) is 4. The van der Waals surface area contributed by atoms with Gasteiger partial charge in [0.25, 0.3) is 0 Å². The first-order valence-corrected chi connectivity index (χ1v) is 4.13. The summed E-state index contributed by atoms with van der Waals surface area (Å²) in [5.41, 5.74) is 0. The van der Waals surface area contributed by atoms with Gasteiger partial charge >= 0.3 is 0 Å². The van der Waals surface area contributed by atoms with Crippen LogP contribution < -0.4 is 0 Å². The van der Waals surface area contributed by atoms with Crippen LogP contribution in [0.5, 0.6) is 0 Å². The maximum absolute atomic E-state index is 8.62. The minimum atomic E-state index is 0.185. The molecule has 0 fully saturated rings. The third kappa shape index (κ3) is 2.01. The first-order valence-electron chi connectivity index (χ1n) is 4.13. The standard InChI is InChI=1S/C7H14N4O/c1-6(2)11-7(4-3-5-12)8-9-10-11/h6,12H,3-5H2,1-2H3. The fourth-order valence-electron chi connectivity index (χ4n) is 1.02. The van der Waals surface area contributed by atoms with E-state index in [2.05, 4.69) is 15.5 Å². The second-order valence-electron chi connectivity index (χ2n) is 2.96. The summed E-state index contributed by atoms with van der Waals surface area (Å²) in [5.74, 6) is 0.846. The molecule has 0 aliphatic carbocycles. The van der Waals surface area contributed by atoms with Crippen molar-refractivity contribution in [1.82, 2.24) is 20.2 Å². The van der Waals surface area contributed by atoms with E-state index < -0.39 is 0 Å². The van der Waals surface area contributed by atoms with Crippen molar-refractivity contribution in [3.63, 3.8) is 0 Å². The van der Waals surface area contributed by atoms with Crippen LogP contribution in [0, 0.1) is 0 Å². The number of aryl methyl sites for hydroxylation is 1. The maximum atomic E-state index is 8.62. The van der Waals surface area contributed by atoms with Crippen LogP contribution in [0.1, 0.15) is 32.1 Å². The molecule has 12 heavy (non-hydrogen) atoms. The monoisotopic (exact) mass is 170 g/mol. The molecule has 1 rings (SSSR count). The van der Waals surface area contributed by atoms with Gasteiger partial charge in [0.15, 0.2) is 5.82 Å². The molecule has 0 saturated carbocycles. The molecule has 1 aromatic rings. The van der Waals surface area contributed by atoms with Gasteiger partial charge in [0.2, 0.25) is 0 Å². The van der Waals surface area contributed by atoms with E-state index in [4.69, 9.17) is 5.11 Å². The molecule has 5 nitrogen and oxygen atoms in total. The molecule has 0 radical (unpaired) electrons. The molecular weight excluding hydrogens is 156 g/mol. The second kappa shape index (κ2) is 4.15. The van der Waals surface area contributed by atoms with Gasteiger partial charge in [0.1, 0.15) is 0 Å². The van der Waals surface area contributed by atoms with Crippen LogP contribution in [-0.4, -0.2) is 31.9 Å². The Bertz CT molecular complexity index is 233. The Hall–Kier alpha value is -0.970. The van der Waals surface area contributed by atoms with Crippen LogP contribution in [0.25, 0.3) is 0 Å². The first-order chi connectivity index (χ1) is 5.75. The highest BCUT2D eigenvalue weighted by Crippen LogP contribution is 2.05. The highest BCUT2D eigenvalue weighted by molar-refractivity contribution is 4.82. The minimum Gasteiger partial charge on any atom is -0.396 e. The third-order valence-electron chi connectivity index (χ3n) is 1.61. The summed E-state index contributed by atoms with van der Waals surface area (Å²) < 4.78 is 1.77. The van der Waals surface area contributed by atoms with E-state index in [1.54, 1.807) is 4.68 Å². The van der Waals surface area contributed by atoms with Crippen molar-refractivity contribution in [2.24, 2.45) is 0 Å². The van der Waals surface area contributed by atoms with E-state index in [0.717, 1.165) is 12.2 Å². The summed E-state index contributed by atoms with van der Waals surface area (Å²) in [6.07, 6.45) is 1.45. The molecule has 0 aliphatic rings. The van der Waals surface area contributed by atoms with Gasteiger partial charge in [-0.1, -0.05) is 0 Å². The molecule has 0 bridgehead atoms. The van der Waals surface area contributed by atoms with Crippen LogP contribution >= 0.6 is 0 Å². The van der Waals surface area contributed by atoms with E-state index in [9.17, 15) is 0 Å². The third-order valence-corrected chi connectivity index (χ3v) is 1.61. The summed E-state index contributed by atoms with van der Waals surface area (Å²) in [5, 5.41) is 19.9. The van der Waals surface area contributed by atoms with E-state index >= 15 is 0 Å². The Morgan fingerprint density at radius 2 is 2.25 bits per heavy atom. The Kier molecular flexibility index (Phi) is 3.16. The molecule has 0 spiro atoms. The molecule has 0 aliphatic heterocycles. The summed E-state index contributed by atoms with van der Waals surface area (Å²) in [6, 6.07) is 0.286. The molecule has 0 saturated heterocycles. The highest BCUT2D eigenvalue weighted by Gasteiger charge is 2.07. The second-order valence-corrected chi connectivity index (χ2v) is 2.96. The summed E-state index contributed by atoms with van der Waals surface area (Å²) in [4.78, 5) is 0. The van der Waals surface area contributed by atoms with E-state index in [1.165, 1.54) is 0 Å². The number of tetrazole rings is 1. The predicted octanol–water partition coefficient (Wildman–Crippen LogP) is 0.179. The molecule has 1 N–H and O–H groups in total. The van der Waals surface area contributed by atoms with Crippen molar-refractivity contribution in [1.29, 1.82) is 0 Å². The van der Waals surface area contributed by atoms with Gasteiger partial charge in [-0.25, -0.2) is 4.68 Å². The van der Waals surface area contributed by atoms with Crippen molar-refractivity contribution < 1.29 is 5.11 Å². The summed E-state index contributed by atoms with van der Waals surface area (Å²) in [6.45, 7) is 4.24. The molecular formula is C7H14N4O. The summed E-state index contributed by atoms with van der Waals surface area (Å²) >= 11 is 0. The lowest BCUT2D eigenvalue weighted by molar-refractivity contribution is 0.286. The van der Waals surface area contributed by atoms with E-state index in [-0.39, 0.29) is 12.6 Å². The topological polar surface area (TPSA) is 63.8 Å². The average molecular weight is 170 g/mol. The van der Waals surface area contributed by atoms with Crippen molar-refractivity contribution in [2.75, 3.05) is 6.61 Å². The van der Waals surface area contributed by atoms with Gasteiger partial charge < -0.3 is 5.11 Å². The van der Waals surface area contributed by atoms with Crippen LogP contribution in [0.3, 0.4) is 0 Å². The van der Waals surface area contributed by atoms with Crippen LogP contribution in [0.4, 0.5) is 0 Å². The van der Waals surface area contributed by atoms with Gasteiger partial charge in [0.05, 0.1) is 6.04 Å². The number of aromatic nitrogens is 4. The van der Waals surface area contributed by atoms with Crippen LogP contribution in [0.15, 0.2) is 0 Å². The highest BCUT2D eigenvalue weighted by atomic mass is 16.2. The molecule has 5 heteroatoms. The van der Waals surface area contributed by atoms with E-state index in [0.29, 0.717) is 6.42 Å². The number of aliphatic hydroxyl groups is 1. The van der Waals surface area contributed by atoms with Crippen molar-refractivity contribution in [3.05, 3.63) is 5.82 Å². The SMILES string of the molecule is CC(C)n1nnnc1CCCO. The molecule has 0 amide bonds. The largest absolute Gasteiger partial charge is 0.396 e. The lowest BCUT2D eigenvalue weighted by Crippen LogP contribution is -2.08. The lowest BCUT2D eigenvalue weighted by atomic mass is 10.3. The van der Waals surface area contributed by atoms with Crippen LogP contribution in [0.2, 0.25) is 0 Å². The fourth-order valence-corrected chi connectivity index (χ4v) is 1.02. The fraction of sp³-hybridized carbons (Fsp3) is 0.857. The molecule has 1 heterocycles. The van der Waals surface area contributed by atoms with Gasteiger partial charge in [0, 0.05) is 13.0 Å². The summed E-state index contributed by atoms with van der Waals surface area (Å²) in [7, 11) is 0. The predicted molar refractivity (Wildman–Crippen MR) is 43.6 cm³/mol. The van der Waals surface area contributed by atoms with E-state index in [1.807, 2.05) is 13.8 Å². The molecule has 0 aromatic carbocycles. The van der Waals surface area contributed by atoms with Crippen molar-refractivity contribution >= 4 is 0 Å². The van der Waals surface area contributed by atoms with Crippen molar-refractivity contribution in [3.8, 4) is 0 Å². The number of hydrogen-bond donors (Lipinski definition) is 1. The number of aliphatic hydroxyl groups excluding tert-OH is 1. The quantitative estimate of drug-likeness (QED) is 0.700.